The summed E-state index contributed by atoms with van der Waals surface area (Å²) in [5, 5.41) is 6.83. The summed E-state index contributed by atoms with van der Waals surface area (Å²) in [6, 6.07) is 19.3. The number of aryl methyl sites for hydroxylation is 1. The molecular weight excluding hydrogens is 346 g/mol. The number of anilines is 1. The molecular formula is C21H20ClN3O. The largest absolute Gasteiger partial charge is 0.366 e. The molecule has 0 aliphatic heterocycles. The Hall–Kier alpha value is -2.85. The predicted octanol–water partition coefficient (Wildman–Crippen LogP) is 4.59. The summed E-state index contributed by atoms with van der Waals surface area (Å²) in [5.41, 5.74) is 3.77. The molecule has 4 nitrogen and oxygen atoms in total. The summed E-state index contributed by atoms with van der Waals surface area (Å²) in [6.07, 6.45) is 1.57. The third-order valence-electron chi connectivity index (χ3n) is 3.98. The fourth-order valence-corrected chi connectivity index (χ4v) is 2.77. The molecule has 0 aliphatic carbocycles. The number of nitrogens with zero attached hydrogens (tertiary/aromatic N) is 1. The van der Waals surface area contributed by atoms with Crippen LogP contribution in [0.2, 0.25) is 5.02 Å². The Kier molecular flexibility index (Phi) is 5.87. The lowest BCUT2D eigenvalue weighted by atomic mass is 10.1. The molecule has 132 valence electrons. The number of halogens is 1. The van der Waals surface area contributed by atoms with Crippen molar-refractivity contribution in [3.8, 4) is 0 Å². The number of carbonyl (C=O) groups excluding carboxylic acids is 1. The van der Waals surface area contributed by atoms with Crippen LogP contribution >= 0.6 is 11.6 Å². The monoisotopic (exact) mass is 365 g/mol. The lowest BCUT2D eigenvalue weighted by molar-refractivity contribution is 0.0950. The van der Waals surface area contributed by atoms with Crippen LogP contribution in [0.4, 0.5) is 5.82 Å². The van der Waals surface area contributed by atoms with Crippen molar-refractivity contribution in [2.45, 2.75) is 20.0 Å². The highest BCUT2D eigenvalue weighted by Crippen LogP contribution is 2.16. The second kappa shape index (κ2) is 8.50. The fourth-order valence-electron chi connectivity index (χ4n) is 2.57. The molecule has 3 rings (SSSR count). The molecule has 1 amide bonds. The molecule has 5 heteroatoms. The van der Waals surface area contributed by atoms with E-state index in [1.165, 1.54) is 5.56 Å². The van der Waals surface area contributed by atoms with E-state index in [0.29, 0.717) is 29.5 Å². The van der Waals surface area contributed by atoms with Gasteiger partial charge in [-0.2, -0.15) is 0 Å². The molecule has 0 bridgehead atoms. The van der Waals surface area contributed by atoms with Gasteiger partial charge in [-0.25, -0.2) is 4.98 Å². The Bertz CT molecular complexity index is 894. The van der Waals surface area contributed by atoms with Crippen LogP contribution in [0.5, 0.6) is 0 Å². The van der Waals surface area contributed by atoms with Gasteiger partial charge in [0.15, 0.2) is 0 Å². The van der Waals surface area contributed by atoms with Gasteiger partial charge in [0.1, 0.15) is 5.82 Å². The minimum absolute atomic E-state index is 0.142. The first-order valence-electron chi connectivity index (χ1n) is 8.39. The molecule has 2 N–H and O–H groups in total. The van der Waals surface area contributed by atoms with Gasteiger partial charge in [-0.05, 0) is 36.2 Å². The summed E-state index contributed by atoms with van der Waals surface area (Å²) >= 11 is 6.14. The second-order valence-corrected chi connectivity index (χ2v) is 6.46. The van der Waals surface area contributed by atoms with Crippen LogP contribution in [0, 0.1) is 6.92 Å². The predicted molar refractivity (Wildman–Crippen MR) is 105 cm³/mol. The Morgan fingerprint density at radius 2 is 1.88 bits per heavy atom. The van der Waals surface area contributed by atoms with Crippen LogP contribution in [0.25, 0.3) is 0 Å². The van der Waals surface area contributed by atoms with Gasteiger partial charge in [-0.15, -0.1) is 0 Å². The first-order chi connectivity index (χ1) is 12.6. The molecule has 2 aromatic carbocycles. The number of benzene rings is 2. The highest BCUT2D eigenvalue weighted by molar-refractivity contribution is 6.31. The summed E-state index contributed by atoms with van der Waals surface area (Å²) < 4.78 is 0. The molecule has 1 heterocycles. The maximum atomic E-state index is 12.2. The smallest absolute Gasteiger partial charge is 0.253 e. The quantitative estimate of drug-likeness (QED) is 0.672. The van der Waals surface area contributed by atoms with Crippen molar-refractivity contribution in [1.29, 1.82) is 0 Å². The van der Waals surface area contributed by atoms with Gasteiger partial charge >= 0.3 is 0 Å². The van der Waals surface area contributed by atoms with Crippen molar-refractivity contribution >= 4 is 23.3 Å². The summed E-state index contributed by atoms with van der Waals surface area (Å²) in [4.78, 5) is 16.5. The molecule has 0 atom stereocenters. The first-order valence-corrected chi connectivity index (χ1v) is 8.77. The normalized spacial score (nSPS) is 10.4. The van der Waals surface area contributed by atoms with Crippen LogP contribution in [0.1, 0.15) is 27.0 Å². The van der Waals surface area contributed by atoms with Crippen LogP contribution < -0.4 is 10.6 Å². The highest BCUT2D eigenvalue weighted by atomic mass is 35.5. The van der Waals surface area contributed by atoms with Crippen molar-refractivity contribution < 1.29 is 4.79 Å². The van der Waals surface area contributed by atoms with E-state index in [1.807, 2.05) is 49.4 Å². The highest BCUT2D eigenvalue weighted by Gasteiger charge is 2.06. The van der Waals surface area contributed by atoms with Crippen LogP contribution in [0.15, 0.2) is 66.9 Å². The van der Waals surface area contributed by atoms with Crippen molar-refractivity contribution in [2.75, 3.05) is 5.32 Å². The second-order valence-electron chi connectivity index (χ2n) is 6.05. The minimum Gasteiger partial charge on any atom is -0.366 e. The van der Waals surface area contributed by atoms with Gasteiger partial charge in [0, 0.05) is 24.3 Å². The molecule has 1 aromatic heterocycles. The Morgan fingerprint density at radius 1 is 1.04 bits per heavy atom. The first kappa shape index (κ1) is 18.0. The average Bonchev–Trinajstić information content (AvgIpc) is 2.66. The number of pyridine rings is 1. The van der Waals surface area contributed by atoms with Crippen LogP contribution in [0.3, 0.4) is 0 Å². The van der Waals surface area contributed by atoms with Crippen molar-refractivity contribution in [2.24, 2.45) is 0 Å². The molecule has 0 radical (unpaired) electrons. The third kappa shape index (κ3) is 4.83. The molecule has 0 aliphatic rings. The van der Waals surface area contributed by atoms with Gasteiger partial charge in [0.25, 0.3) is 5.91 Å². The molecule has 0 saturated heterocycles. The van der Waals surface area contributed by atoms with Crippen molar-refractivity contribution in [1.82, 2.24) is 10.3 Å². The zero-order valence-electron chi connectivity index (χ0n) is 14.5. The van der Waals surface area contributed by atoms with E-state index in [0.717, 1.165) is 11.1 Å². The summed E-state index contributed by atoms with van der Waals surface area (Å²) in [7, 11) is 0. The Balaban J connectivity index is 1.55. The Morgan fingerprint density at radius 3 is 2.62 bits per heavy atom. The van der Waals surface area contributed by atoms with E-state index < -0.39 is 0 Å². The summed E-state index contributed by atoms with van der Waals surface area (Å²) in [5.74, 6) is 0.553. The van der Waals surface area contributed by atoms with E-state index in [-0.39, 0.29) is 5.91 Å². The van der Waals surface area contributed by atoms with Gasteiger partial charge in [0.2, 0.25) is 0 Å². The van der Waals surface area contributed by atoms with Crippen LogP contribution in [-0.4, -0.2) is 10.9 Å². The zero-order chi connectivity index (χ0) is 18.4. The maximum absolute atomic E-state index is 12.2. The van der Waals surface area contributed by atoms with Crippen molar-refractivity contribution in [3.05, 3.63) is 94.1 Å². The SMILES string of the molecule is Cc1cccc(CNC(=O)c2ccc(NCc3ccccc3Cl)nc2)c1. The van der Waals surface area contributed by atoms with E-state index in [9.17, 15) is 4.79 Å². The number of nitrogens with one attached hydrogen (secondary N) is 2. The molecule has 0 fully saturated rings. The lowest BCUT2D eigenvalue weighted by Crippen LogP contribution is -2.23. The number of rotatable bonds is 6. The molecule has 0 saturated carbocycles. The van der Waals surface area contributed by atoms with Gasteiger partial charge in [-0.1, -0.05) is 59.6 Å². The molecule has 0 unspecified atom stereocenters. The fraction of sp³-hybridized carbons (Fsp3) is 0.143. The number of hydrogen-bond acceptors (Lipinski definition) is 3. The van der Waals surface area contributed by atoms with Gasteiger partial charge in [0.05, 0.1) is 5.56 Å². The van der Waals surface area contributed by atoms with Gasteiger partial charge < -0.3 is 10.6 Å². The molecule has 3 aromatic rings. The minimum atomic E-state index is -0.142. The standard InChI is InChI=1S/C21H20ClN3O/c1-15-5-4-6-16(11-15)12-25-21(26)18-9-10-20(24-14-18)23-13-17-7-2-3-8-19(17)22/h2-11,14H,12-13H2,1H3,(H,23,24)(H,25,26). The lowest BCUT2D eigenvalue weighted by Gasteiger charge is -2.09. The number of amides is 1. The number of aromatic nitrogens is 1. The third-order valence-corrected chi connectivity index (χ3v) is 4.35. The van der Waals surface area contributed by atoms with E-state index in [4.69, 9.17) is 11.6 Å². The maximum Gasteiger partial charge on any atom is 0.253 e. The average molecular weight is 366 g/mol. The number of carbonyl (C=O) groups is 1. The van der Waals surface area contributed by atoms with E-state index in [2.05, 4.69) is 21.7 Å². The Labute approximate surface area is 158 Å². The van der Waals surface area contributed by atoms with E-state index >= 15 is 0 Å². The van der Waals surface area contributed by atoms with E-state index in [1.54, 1.807) is 18.3 Å². The molecule has 0 spiro atoms. The van der Waals surface area contributed by atoms with Crippen molar-refractivity contribution in [3.63, 3.8) is 0 Å². The summed E-state index contributed by atoms with van der Waals surface area (Å²) in [6.45, 7) is 3.10. The topological polar surface area (TPSA) is 54.0 Å². The molecule has 26 heavy (non-hydrogen) atoms. The van der Waals surface area contributed by atoms with Gasteiger partial charge in [-0.3, -0.25) is 4.79 Å². The van der Waals surface area contributed by atoms with Crippen LogP contribution in [-0.2, 0) is 13.1 Å². The number of hydrogen-bond donors (Lipinski definition) is 2. The zero-order valence-corrected chi connectivity index (χ0v) is 15.3.